The van der Waals surface area contributed by atoms with E-state index in [-0.39, 0.29) is 30.1 Å². The Hall–Kier alpha value is -3.50. The summed E-state index contributed by atoms with van der Waals surface area (Å²) in [5.74, 6) is 0.336. The minimum absolute atomic E-state index is 0.0969. The highest BCUT2D eigenvalue weighted by atomic mass is 16.3. The van der Waals surface area contributed by atoms with Gasteiger partial charge in [-0.3, -0.25) is 14.5 Å². The molecule has 0 spiro atoms. The summed E-state index contributed by atoms with van der Waals surface area (Å²) in [5.41, 5.74) is 3.97. The molecule has 1 saturated heterocycles. The van der Waals surface area contributed by atoms with Gasteiger partial charge in [0.2, 0.25) is 5.91 Å². The van der Waals surface area contributed by atoms with E-state index in [9.17, 15) is 14.7 Å². The van der Waals surface area contributed by atoms with E-state index in [0.29, 0.717) is 25.5 Å². The van der Waals surface area contributed by atoms with Gasteiger partial charge >= 0.3 is 0 Å². The lowest BCUT2D eigenvalue weighted by Gasteiger charge is -2.31. The summed E-state index contributed by atoms with van der Waals surface area (Å²) in [6.07, 6.45) is 3.24. The Bertz CT molecular complexity index is 1240. The van der Waals surface area contributed by atoms with Gasteiger partial charge in [0.05, 0.1) is 6.10 Å². The molecule has 0 bridgehead atoms. The average molecular weight is 492 g/mol. The smallest absolute Gasteiger partial charge is 0.270 e. The van der Waals surface area contributed by atoms with Crippen LogP contribution < -0.4 is 10.6 Å². The lowest BCUT2D eigenvalue weighted by atomic mass is 10.0. The third kappa shape index (κ3) is 5.50. The first-order valence-corrected chi connectivity index (χ1v) is 12.6. The molecular weight excluding hydrogens is 458 g/mol. The zero-order valence-corrected chi connectivity index (χ0v) is 20.5. The van der Waals surface area contributed by atoms with E-state index < -0.39 is 6.10 Å². The van der Waals surface area contributed by atoms with Crippen LogP contribution in [0.4, 0.5) is 5.82 Å². The van der Waals surface area contributed by atoms with Gasteiger partial charge in [-0.15, -0.1) is 0 Å². The predicted octanol–water partition coefficient (Wildman–Crippen LogP) is 1.53. The number of aromatic amines is 1. The first kappa shape index (κ1) is 24.2. The number of aliphatic hydroxyl groups is 1. The zero-order valence-electron chi connectivity index (χ0n) is 20.5. The second-order valence-electron chi connectivity index (χ2n) is 9.69. The van der Waals surface area contributed by atoms with Crippen molar-refractivity contribution in [1.29, 1.82) is 0 Å². The molecule has 1 aromatic carbocycles. The van der Waals surface area contributed by atoms with Gasteiger partial charge in [0.15, 0.2) is 0 Å². The summed E-state index contributed by atoms with van der Waals surface area (Å²) >= 11 is 0. The Kier molecular flexibility index (Phi) is 7.15. The van der Waals surface area contributed by atoms with E-state index in [1.807, 2.05) is 17.0 Å². The molecule has 1 fully saturated rings. The zero-order chi connectivity index (χ0) is 25.1. The van der Waals surface area contributed by atoms with Gasteiger partial charge in [0.1, 0.15) is 17.8 Å². The fraction of sp³-hybridized carbons (Fsp3) is 0.462. The Morgan fingerprint density at radius 3 is 2.81 bits per heavy atom. The Morgan fingerprint density at radius 1 is 1.19 bits per heavy atom. The molecule has 4 heterocycles. The molecule has 0 saturated carbocycles. The number of benzene rings is 1. The van der Waals surface area contributed by atoms with Crippen molar-refractivity contribution >= 4 is 28.5 Å². The summed E-state index contributed by atoms with van der Waals surface area (Å²) in [6, 6.07) is 10.1. The van der Waals surface area contributed by atoms with Crippen molar-refractivity contribution in [1.82, 2.24) is 30.1 Å². The lowest BCUT2D eigenvalue weighted by Crippen LogP contribution is -2.42. The standard InChI is InChI=1S/C26H33N7O3/c1-17(34)33-10-6-18(7-11-33)30-25-12-24(28-16-29-25)26(36)27-13-19(35)14-32-9-8-23-21(15-32)20-4-2-3-5-22(20)31-23/h2-5,12,16,18-19,31,35H,6-11,13-15H2,1H3,(H,27,36)(H,28,29,30). The Labute approximate surface area is 210 Å². The molecule has 190 valence electrons. The van der Waals surface area contributed by atoms with E-state index in [1.54, 1.807) is 13.0 Å². The number of nitrogens with zero attached hydrogens (tertiary/aromatic N) is 4. The third-order valence-electron chi connectivity index (χ3n) is 7.12. The number of likely N-dealkylation sites (tertiary alicyclic amines) is 1. The summed E-state index contributed by atoms with van der Waals surface area (Å²) < 4.78 is 0. The van der Waals surface area contributed by atoms with E-state index in [0.717, 1.165) is 37.9 Å². The monoisotopic (exact) mass is 491 g/mol. The lowest BCUT2D eigenvalue weighted by molar-refractivity contribution is -0.129. The van der Waals surface area contributed by atoms with Gasteiger partial charge in [0.25, 0.3) is 5.91 Å². The summed E-state index contributed by atoms with van der Waals surface area (Å²) in [4.78, 5) is 40.1. The largest absolute Gasteiger partial charge is 0.390 e. The number of carbonyl (C=O) groups is 2. The first-order chi connectivity index (χ1) is 17.5. The fourth-order valence-corrected chi connectivity index (χ4v) is 5.15. The summed E-state index contributed by atoms with van der Waals surface area (Å²) in [6.45, 7) is 5.27. The average Bonchev–Trinajstić information content (AvgIpc) is 3.26. The molecule has 1 unspecified atom stereocenters. The number of aliphatic hydroxyl groups excluding tert-OH is 1. The van der Waals surface area contributed by atoms with Crippen molar-refractivity contribution in [2.45, 2.75) is 44.9 Å². The molecule has 4 N–H and O–H groups in total. The van der Waals surface area contributed by atoms with Crippen molar-refractivity contribution in [3.8, 4) is 0 Å². The van der Waals surface area contributed by atoms with E-state index in [1.165, 1.54) is 23.0 Å². The number of aromatic nitrogens is 3. The normalized spacial score (nSPS) is 17.6. The van der Waals surface area contributed by atoms with Crippen molar-refractivity contribution in [2.75, 3.05) is 38.0 Å². The molecule has 2 aliphatic heterocycles. The van der Waals surface area contributed by atoms with Crippen LogP contribution >= 0.6 is 0 Å². The number of piperidine rings is 1. The van der Waals surface area contributed by atoms with Crippen molar-refractivity contribution < 1.29 is 14.7 Å². The highest BCUT2D eigenvalue weighted by Gasteiger charge is 2.23. The molecule has 2 aromatic heterocycles. The number of anilines is 1. The number of carbonyl (C=O) groups excluding carboxylic acids is 2. The second-order valence-corrected chi connectivity index (χ2v) is 9.69. The van der Waals surface area contributed by atoms with Gasteiger partial charge in [-0.25, -0.2) is 9.97 Å². The number of para-hydroxylation sites is 1. The van der Waals surface area contributed by atoms with Crippen molar-refractivity contribution in [3.63, 3.8) is 0 Å². The van der Waals surface area contributed by atoms with E-state index in [4.69, 9.17) is 0 Å². The third-order valence-corrected chi connectivity index (χ3v) is 7.12. The van der Waals surface area contributed by atoms with Crippen LogP contribution in [0, 0.1) is 0 Å². The van der Waals surface area contributed by atoms with Crippen LogP contribution in [0.5, 0.6) is 0 Å². The number of fused-ring (bicyclic) bond motifs is 3. The van der Waals surface area contributed by atoms with Crippen LogP contribution in [0.15, 0.2) is 36.7 Å². The summed E-state index contributed by atoms with van der Waals surface area (Å²) in [5, 5.41) is 18.0. The van der Waals surface area contributed by atoms with Crippen molar-refractivity contribution in [2.24, 2.45) is 0 Å². The van der Waals surface area contributed by atoms with Crippen LogP contribution in [0.25, 0.3) is 10.9 Å². The molecule has 0 aliphatic carbocycles. The van der Waals surface area contributed by atoms with Crippen LogP contribution in [0.3, 0.4) is 0 Å². The van der Waals surface area contributed by atoms with Gasteiger partial charge in [-0.2, -0.15) is 0 Å². The molecule has 5 rings (SSSR count). The molecular formula is C26H33N7O3. The van der Waals surface area contributed by atoms with Crippen molar-refractivity contribution in [3.05, 3.63) is 53.6 Å². The minimum atomic E-state index is -0.688. The number of amides is 2. The maximum Gasteiger partial charge on any atom is 0.270 e. The second kappa shape index (κ2) is 10.6. The number of nitrogens with one attached hydrogen (secondary N) is 3. The SMILES string of the molecule is CC(=O)N1CCC(Nc2cc(C(=O)NCC(O)CN3CCc4[nH]c5ccccc5c4C3)ncn2)CC1. The number of rotatable bonds is 7. The quantitative estimate of drug-likeness (QED) is 0.395. The Morgan fingerprint density at radius 2 is 2.00 bits per heavy atom. The molecule has 2 aliphatic rings. The topological polar surface area (TPSA) is 126 Å². The number of β-amino-alcohol motifs (C(OH)–C–C–N with tert-alkyl or cyclic N) is 1. The molecule has 0 radical (unpaired) electrons. The molecule has 36 heavy (non-hydrogen) atoms. The molecule has 1 atom stereocenters. The predicted molar refractivity (Wildman–Crippen MR) is 137 cm³/mol. The van der Waals surface area contributed by atoms with Gasteiger partial charge in [-0.05, 0) is 24.5 Å². The van der Waals surface area contributed by atoms with Crippen LogP contribution in [0.2, 0.25) is 0 Å². The molecule has 10 nitrogen and oxygen atoms in total. The Balaban J connectivity index is 1.10. The molecule has 3 aromatic rings. The van der Waals surface area contributed by atoms with Crippen LogP contribution in [0.1, 0.15) is 41.5 Å². The molecule has 10 heteroatoms. The van der Waals surface area contributed by atoms with Crippen LogP contribution in [-0.4, -0.2) is 86.5 Å². The maximum absolute atomic E-state index is 12.7. The van der Waals surface area contributed by atoms with Gasteiger partial charge in [-0.1, -0.05) is 18.2 Å². The van der Waals surface area contributed by atoms with E-state index in [2.05, 4.69) is 42.6 Å². The van der Waals surface area contributed by atoms with Gasteiger partial charge < -0.3 is 25.6 Å². The maximum atomic E-state index is 12.7. The number of H-pyrrole nitrogens is 1. The number of hydrogen-bond acceptors (Lipinski definition) is 7. The van der Waals surface area contributed by atoms with Gasteiger partial charge in [0, 0.05) is 81.3 Å². The molecule has 2 amide bonds. The minimum Gasteiger partial charge on any atom is -0.390 e. The van der Waals surface area contributed by atoms with E-state index >= 15 is 0 Å². The highest BCUT2D eigenvalue weighted by molar-refractivity contribution is 5.92. The number of hydrogen-bond donors (Lipinski definition) is 4. The van der Waals surface area contributed by atoms with Crippen LogP contribution in [-0.2, 0) is 17.8 Å². The highest BCUT2D eigenvalue weighted by Crippen LogP contribution is 2.27. The first-order valence-electron chi connectivity index (χ1n) is 12.6. The summed E-state index contributed by atoms with van der Waals surface area (Å²) in [7, 11) is 0. The fourth-order valence-electron chi connectivity index (χ4n) is 5.15.